The third kappa shape index (κ3) is 3.59. The Kier molecular flexibility index (Phi) is 4.76. The summed E-state index contributed by atoms with van der Waals surface area (Å²) in [6, 6.07) is 14.2. The van der Waals surface area contributed by atoms with Crippen molar-refractivity contribution in [2.24, 2.45) is 11.7 Å². The molecule has 0 bridgehead atoms. The van der Waals surface area contributed by atoms with Crippen LogP contribution in [0.1, 0.15) is 23.6 Å². The molecule has 0 radical (unpaired) electrons. The molecule has 26 heavy (non-hydrogen) atoms. The van der Waals surface area contributed by atoms with Crippen LogP contribution in [0.15, 0.2) is 60.5 Å². The Bertz CT molecular complexity index is 844. The first kappa shape index (κ1) is 18.0. The zero-order valence-corrected chi connectivity index (χ0v) is 14.1. The van der Waals surface area contributed by atoms with E-state index in [-0.39, 0.29) is 28.7 Å². The number of carbonyl (C=O) groups excluding carboxylic acids is 1. The highest BCUT2D eigenvalue weighted by Gasteiger charge is 2.39. The molecule has 1 aliphatic rings. The topological polar surface area (TPSA) is 52.3 Å². The van der Waals surface area contributed by atoms with Crippen LogP contribution in [0.25, 0.3) is 5.57 Å². The van der Waals surface area contributed by atoms with Gasteiger partial charge in [-0.15, -0.1) is 0 Å². The van der Waals surface area contributed by atoms with E-state index < -0.39 is 17.8 Å². The second-order valence-electron chi connectivity index (χ2n) is 6.39. The molecule has 0 saturated heterocycles. The summed E-state index contributed by atoms with van der Waals surface area (Å²) in [5.41, 5.74) is 6.19. The summed E-state index contributed by atoms with van der Waals surface area (Å²) in [6.45, 7) is 1.86. The molecule has 2 unspecified atom stereocenters. The van der Waals surface area contributed by atoms with Gasteiger partial charge in [-0.3, -0.25) is 4.79 Å². The summed E-state index contributed by atoms with van der Waals surface area (Å²) in [6.07, 6.45) is -4.70. The van der Waals surface area contributed by atoms with E-state index in [1.165, 1.54) is 12.1 Å². The smallest absolute Gasteiger partial charge is 0.416 e. The average Bonchev–Trinajstić information content (AvgIpc) is 2.90. The maximum Gasteiger partial charge on any atom is 0.416 e. The minimum Gasteiger partial charge on any atom is -0.467 e. The lowest BCUT2D eigenvalue weighted by molar-refractivity contribution is -0.137. The number of ether oxygens (including phenoxy) is 1. The monoisotopic (exact) mass is 361 g/mol. The maximum atomic E-state index is 12.9. The van der Waals surface area contributed by atoms with Gasteiger partial charge < -0.3 is 10.5 Å². The third-order valence-electron chi connectivity index (χ3n) is 4.40. The average molecular weight is 361 g/mol. The van der Waals surface area contributed by atoms with Crippen molar-refractivity contribution < 1.29 is 22.7 Å². The van der Waals surface area contributed by atoms with Crippen LogP contribution in [-0.4, -0.2) is 11.9 Å². The van der Waals surface area contributed by atoms with Crippen molar-refractivity contribution in [1.29, 1.82) is 0 Å². The summed E-state index contributed by atoms with van der Waals surface area (Å²) in [5.74, 6) is -0.684. The minimum absolute atomic E-state index is 0.0148. The molecule has 0 aromatic heterocycles. The van der Waals surface area contributed by atoms with Crippen LogP contribution in [0.2, 0.25) is 0 Å². The largest absolute Gasteiger partial charge is 0.467 e. The molecule has 1 aliphatic heterocycles. The summed E-state index contributed by atoms with van der Waals surface area (Å²) in [7, 11) is 0. The predicted octanol–water partition coefficient (Wildman–Crippen LogP) is 4.18. The molecule has 6 heteroatoms. The molecule has 1 heterocycles. The Morgan fingerprint density at radius 2 is 1.81 bits per heavy atom. The lowest BCUT2D eigenvalue weighted by atomic mass is 9.90. The number of alkyl halides is 3. The van der Waals surface area contributed by atoms with Gasteiger partial charge in [0.25, 0.3) is 0 Å². The normalized spacial score (nSPS) is 18.8. The van der Waals surface area contributed by atoms with Crippen molar-refractivity contribution in [3.05, 3.63) is 77.2 Å². The first-order chi connectivity index (χ1) is 12.3. The molecule has 0 saturated carbocycles. The van der Waals surface area contributed by atoms with Crippen LogP contribution in [0.5, 0.6) is 0 Å². The van der Waals surface area contributed by atoms with Crippen LogP contribution < -0.4 is 5.73 Å². The van der Waals surface area contributed by atoms with Crippen molar-refractivity contribution in [2.75, 3.05) is 0 Å². The molecule has 0 amide bonds. The molecule has 0 aliphatic carbocycles. The summed E-state index contributed by atoms with van der Waals surface area (Å²) < 4.78 is 44.3. The van der Waals surface area contributed by atoms with Gasteiger partial charge in [0, 0.05) is 5.92 Å². The van der Waals surface area contributed by atoms with Crippen LogP contribution in [-0.2, 0) is 22.1 Å². The highest BCUT2D eigenvalue weighted by Crippen LogP contribution is 2.35. The Hall–Kier alpha value is -2.76. The molecule has 2 aromatic carbocycles. The van der Waals surface area contributed by atoms with E-state index in [2.05, 4.69) is 0 Å². The van der Waals surface area contributed by atoms with Crippen molar-refractivity contribution in [3.63, 3.8) is 0 Å². The molecule has 0 fully saturated rings. The second-order valence-corrected chi connectivity index (χ2v) is 6.39. The summed E-state index contributed by atoms with van der Waals surface area (Å²) >= 11 is 0. The summed E-state index contributed by atoms with van der Waals surface area (Å²) in [4.78, 5) is 12.8. The minimum atomic E-state index is -4.49. The maximum absolute atomic E-state index is 12.9. The van der Waals surface area contributed by atoms with Gasteiger partial charge >= 0.3 is 6.18 Å². The van der Waals surface area contributed by atoms with E-state index >= 15 is 0 Å². The van der Waals surface area contributed by atoms with E-state index in [4.69, 9.17) is 10.5 Å². The van der Waals surface area contributed by atoms with Crippen LogP contribution >= 0.6 is 0 Å². The number of hydrogen-bond donors (Lipinski definition) is 1. The van der Waals surface area contributed by atoms with Crippen molar-refractivity contribution in [3.8, 4) is 0 Å². The third-order valence-corrected chi connectivity index (χ3v) is 4.40. The van der Waals surface area contributed by atoms with Gasteiger partial charge in [-0.05, 0) is 29.7 Å². The van der Waals surface area contributed by atoms with E-state index in [1.54, 1.807) is 0 Å². The van der Waals surface area contributed by atoms with E-state index in [0.717, 1.165) is 17.7 Å². The van der Waals surface area contributed by atoms with Crippen molar-refractivity contribution >= 4 is 11.4 Å². The predicted molar refractivity (Wildman–Crippen MR) is 91.7 cm³/mol. The quantitative estimate of drug-likeness (QED) is 0.889. The van der Waals surface area contributed by atoms with Gasteiger partial charge in [-0.2, -0.15) is 13.2 Å². The molecule has 2 atom stereocenters. The fourth-order valence-electron chi connectivity index (χ4n) is 3.12. The Morgan fingerprint density at radius 1 is 1.12 bits per heavy atom. The van der Waals surface area contributed by atoms with Crippen molar-refractivity contribution in [2.45, 2.75) is 25.6 Å². The number of ketones is 1. The lowest BCUT2D eigenvalue weighted by Gasteiger charge is -2.18. The van der Waals surface area contributed by atoms with Crippen LogP contribution in [0.4, 0.5) is 13.2 Å². The zero-order valence-electron chi connectivity index (χ0n) is 14.1. The summed E-state index contributed by atoms with van der Waals surface area (Å²) in [5, 5.41) is 0. The van der Waals surface area contributed by atoms with Gasteiger partial charge in [0.1, 0.15) is 0 Å². The Balaban J connectivity index is 1.82. The van der Waals surface area contributed by atoms with E-state index in [1.807, 2.05) is 37.3 Å². The molecule has 136 valence electrons. The van der Waals surface area contributed by atoms with Gasteiger partial charge in [0.15, 0.2) is 12.0 Å². The van der Waals surface area contributed by atoms with Gasteiger partial charge in [-0.1, -0.05) is 49.4 Å². The highest BCUT2D eigenvalue weighted by atomic mass is 19.4. The molecular weight excluding hydrogens is 343 g/mol. The highest BCUT2D eigenvalue weighted by molar-refractivity contribution is 6.25. The zero-order chi connectivity index (χ0) is 18.9. The first-order valence-electron chi connectivity index (χ1n) is 8.19. The number of nitrogens with two attached hydrogens (primary N) is 1. The molecular formula is C20H18F3NO2. The van der Waals surface area contributed by atoms with Crippen molar-refractivity contribution in [1.82, 2.24) is 0 Å². The number of hydrogen-bond acceptors (Lipinski definition) is 3. The molecule has 3 nitrogen and oxygen atoms in total. The standard InChI is InChI=1S/C20H18F3NO2/c1-12(10-13-6-3-2-4-7-13)18-17(25)16(19(24)26-18)14-8-5-9-15(11-14)20(21,22)23/h2-9,11-12,18H,10,24H2,1H3. The lowest BCUT2D eigenvalue weighted by Crippen LogP contribution is -2.28. The van der Waals surface area contributed by atoms with Crippen LogP contribution in [0, 0.1) is 5.92 Å². The molecule has 0 spiro atoms. The van der Waals surface area contributed by atoms with E-state index in [9.17, 15) is 18.0 Å². The Labute approximate surface area is 149 Å². The van der Waals surface area contributed by atoms with E-state index in [0.29, 0.717) is 6.42 Å². The van der Waals surface area contributed by atoms with Crippen LogP contribution in [0.3, 0.4) is 0 Å². The number of rotatable bonds is 4. The number of Topliss-reactive ketones (excluding diaryl/α,β-unsaturated/α-hetero) is 1. The number of carbonyl (C=O) groups is 1. The molecule has 3 rings (SSSR count). The first-order valence-corrected chi connectivity index (χ1v) is 8.19. The molecule has 2 aromatic rings. The fourth-order valence-corrected chi connectivity index (χ4v) is 3.12. The second kappa shape index (κ2) is 6.86. The Morgan fingerprint density at radius 3 is 2.46 bits per heavy atom. The van der Waals surface area contributed by atoms with Gasteiger partial charge in [0.2, 0.25) is 5.78 Å². The number of benzene rings is 2. The fraction of sp³-hybridized carbons (Fsp3) is 0.250. The SMILES string of the molecule is CC(Cc1ccccc1)C1OC(N)=C(c2cccc(C(F)(F)F)c2)C1=O. The van der Waals surface area contributed by atoms with Gasteiger partial charge in [-0.25, -0.2) is 0 Å². The molecule has 2 N–H and O–H groups in total. The van der Waals surface area contributed by atoms with Gasteiger partial charge in [0.05, 0.1) is 11.1 Å². The number of halogens is 3.